The van der Waals surface area contributed by atoms with Crippen LogP contribution in [0.4, 0.5) is 5.69 Å². The molecule has 0 fully saturated rings. The molecule has 0 saturated heterocycles. The van der Waals surface area contributed by atoms with Gasteiger partial charge in [0.05, 0.1) is 7.11 Å². The number of aliphatic imine (C=N–C) groups is 1. The van der Waals surface area contributed by atoms with Crippen LogP contribution in [0.1, 0.15) is 12.0 Å². The van der Waals surface area contributed by atoms with E-state index in [1.165, 1.54) is 16.5 Å². The van der Waals surface area contributed by atoms with Crippen LogP contribution in [0, 0.1) is 0 Å². The van der Waals surface area contributed by atoms with Gasteiger partial charge >= 0.3 is 0 Å². The van der Waals surface area contributed by atoms with Crippen molar-refractivity contribution in [1.29, 1.82) is 0 Å². The van der Waals surface area contributed by atoms with E-state index < -0.39 is 0 Å². The van der Waals surface area contributed by atoms with Crippen molar-refractivity contribution in [3.8, 4) is 5.75 Å². The maximum absolute atomic E-state index is 5.94. The second-order valence-corrected chi connectivity index (χ2v) is 5.59. The first kappa shape index (κ1) is 15.9. The standard InChI is InChI=1S/C19H22N4O/c1-24-16-8-4-7-15(12-16)23-19(20)21-11-5-6-14-13-22-18-10-3-2-9-17(14)18/h2-4,7-10,12-13,22H,5-6,11H2,1H3,(H3,20,21,23). The molecule has 5 nitrogen and oxygen atoms in total. The highest BCUT2D eigenvalue weighted by atomic mass is 16.5. The van der Waals surface area contributed by atoms with Crippen LogP contribution >= 0.6 is 0 Å². The van der Waals surface area contributed by atoms with Crippen molar-refractivity contribution < 1.29 is 4.74 Å². The van der Waals surface area contributed by atoms with Gasteiger partial charge in [0.15, 0.2) is 5.96 Å². The van der Waals surface area contributed by atoms with Crippen LogP contribution in [-0.4, -0.2) is 24.6 Å². The van der Waals surface area contributed by atoms with E-state index in [-0.39, 0.29) is 0 Å². The average molecular weight is 322 g/mol. The van der Waals surface area contributed by atoms with Crippen molar-refractivity contribution in [2.75, 3.05) is 19.0 Å². The van der Waals surface area contributed by atoms with Gasteiger partial charge in [-0.2, -0.15) is 0 Å². The summed E-state index contributed by atoms with van der Waals surface area (Å²) in [5, 5.41) is 4.36. The number of ether oxygens (including phenoxy) is 1. The van der Waals surface area contributed by atoms with E-state index in [0.29, 0.717) is 12.5 Å². The van der Waals surface area contributed by atoms with Gasteiger partial charge in [0.25, 0.3) is 0 Å². The summed E-state index contributed by atoms with van der Waals surface area (Å²) in [5.41, 5.74) is 9.30. The predicted molar refractivity (Wildman–Crippen MR) is 99.7 cm³/mol. The zero-order valence-electron chi connectivity index (χ0n) is 13.8. The largest absolute Gasteiger partial charge is 0.497 e. The Kier molecular flexibility index (Phi) is 5.01. The van der Waals surface area contributed by atoms with E-state index in [2.05, 4.69) is 39.7 Å². The van der Waals surface area contributed by atoms with Crippen LogP contribution in [0.25, 0.3) is 10.9 Å². The number of para-hydroxylation sites is 1. The van der Waals surface area contributed by atoms with E-state index in [4.69, 9.17) is 10.5 Å². The molecule has 4 N–H and O–H groups in total. The van der Waals surface area contributed by atoms with E-state index in [1.54, 1.807) is 7.11 Å². The number of H-pyrrole nitrogens is 1. The maximum Gasteiger partial charge on any atom is 0.193 e. The molecule has 0 radical (unpaired) electrons. The van der Waals surface area contributed by atoms with Crippen LogP contribution < -0.4 is 15.8 Å². The van der Waals surface area contributed by atoms with Gasteiger partial charge in [0.1, 0.15) is 5.75 Å². The normalized spacial score (nSPS) is 11.6. The molecule has 124 valence electrons. The lowest BCUT2D eigenvalue weighted by Crippen LogP contribution is -2.22. The Bertz CT molecular complexity index is 838. The Hall–Kier alpha value is -2.95. The molecule has 1 aromatic heterocycles. The quantitative estimate of drug-likeness (QED) is 0.369. The number of hydrogen-bond donors (Lipinski definition) is 3. The van der Waals surface area contributed by atoms with Crippen LogP contribution in [-0.2, 0) is 6.42 Å². The fourth-order valence-corrected chi connectivity index (χ4v) is 2.70. The maximum atomic E-state index is 5.94. The second kappa shape index (κ2) is 7.55. The summed E-state index contributed by atoms with van der Waals surface area (Å²) in [4.78, 5) is 7.68. The van der Waals surface area contributed by atoms with E-state index in [9.17, 15) is 0 Å². The Morgan fingerprint density at radius 3 is 2.96 bits per heavy atom. The second-order valence-electron chi connectivity index (χ2n) is 5.59. The number of methoxy groups -OCH3 is 1. The number of aryl methyl sites for hydroxylation is 1. The first-order valence-corrected chi connectivity index (χ1v) is 8.02. The molecule has 0 spiro atoms. The first-order chi connectivity index (χ1) is 11.8. The highest BCUT2D eigenvalue weighted by Gasteiger charge is 2.02. The number of fused-ring (bicyclic) bond motifs is 1. The molecule has 0 aliphatic heterocycles. The van der Waals surface area contributed by atoms with Crippen molar-refractivity contribution >= 4 is 22.5 Å². The lowest BCUT2D eigenvalue weighted by molar-refractivity contribution is 0.415. The number of benzene rings is 2. The van der Waals surface area contributed by atoms with Crippen molar-refractivity contribution in [3.05, 3.63) is 60.3 Å². The molecule has 0 atom stereocenters. The molecular formula is C19H22N4O. The summed E-state index contributed by atoms with van der Waals surface area (Å²) < 4.78 is 5.19. The zero-order valence-corrected chi connectivity index (χ0v) is 13.8. The number of guanidine groups is 1. The molecule has 0 amide bonds. The summed E-state index contributed by atoms with van der Waals surface area (Å²) >= 11 is 0. The number of aromatic amines is 1. The smallest absolute Gasteiger partial charge is 0.193 e. The van der Waals surface area contributed by atoms with Crippen LogP contribution in [0.15, 0.2) is 59.7 Å². The molecule has 3 aromatic rings. The van der Waals surface area contributed by atoms with Crippen LogP contribution in [0.3, 0.4) is 0 Å². The SMILES string of the molecule is COc1cccc(NC(N)=NCCCc2c[nH]c3ccccc23)c1. The van der Waals surface area contributed by atoms with Gasteiger partial charge in [-0.1, -0.05) is 24.3 Å². The van der Waals surface area contributed by atoms with Gasteiger partial charge in [-0.25, -0.2) is 0 Å². The molecule has 3 rings (SSSR count). The molecule has 0 saturated carbocycles. The molecule has 0 bridgehead atoms. The molecule has 0 unspecified atom stereocenters. The fourth-order valence-electron chi connectivity index (χ4n) is 2.70. The summed E-state index contributed by atoms with van der Waals surface area (Å²) in [6.45, 7) is 0.683. The van der Waals surface area contributed by atoms with Crippen molar-refractivity contribution in [1.82, 2.24) is 4.98 Å². The van der Waals surface area contributed by atoms with Crippen molar-refractivity contribution in [2.24, 2.45) is 10.7 Å². The third-order valence-electron chi connectivity index (χ3n) is 3.90. The summed E-state index contributed by atoms with van der Waals surface area (Å²) in [5.74, 6) is 1.20. The van der Waals surface area contributed by atoms with Gasteiger partial charge in [0.2, 0.25) is 0 Å². The summed E-state index contributed by atoms with van der Waals surface area (Å²) in [6, 6.07) is 15.9. The number of aromatic nitrogens is 1. The monoisotopic (exact) mass is 322 g/mol. The highest BCUT2D eigenvalue weighted by Crippen LogP contribution is 2.19. The number of nitrogens with two attached hydrogens (primary N) is 1. The summed E-state index contributed by atoms with van der Waals surface area (Å²) in [7, 11) is 1.64. The van der Waals surface area contributed by atoms with Crippen LogP contribution in [0.5, 0.6) is 5.75 Å². The van der Waals surface area contributed by atoms with E-state index in [0.717, 1.165) is 24.3 Å². The minimum atomic E-state index is 0.419. The van der Waals surface area contributed by atoms with Crippen molar-refractivity contribution in [3.63, 3.8) is 0 Å². The lowest BCUT2D eigenvalue weighted by atomic mass is 10.1. The molecule has 5 heteroatoms. The zero-order chi connectivity index (χ0) is 16.8. The Labute approximate surface area is 141 Å². The number of anilines is 1. The third kappa shape index (κ3) is 3.87. The predicted octanol–water partition coefficient (Wildman–Crippen LogP) is 3.54. The van der Waals surface area contributed by atoms with E-state index >= 15 is 0 Å². The molecule has 2 aromatic carbocycles. The third-order valence-corrected chi connectivity index (χ3v) is 3.90. The summed E-state index contributed by atoms with van der Waals surface area (Å²) in [6.07, 6.45) is 3.99. The Morgan fingerprint density at radius 2 is 2.08 bits per heavy atom. The van der Waals surface area contributed by atoms with Gasteiger partial charge in [-0.15, -0.1) is 0 Å². The molecule has 0 aliphatic rings. The van der Waals surface area contributed by atoms with Gasteiger partial charge in [0, 0.05) is 35.4 Å². The topological polar surface area (TPSA) is 75.4 Å². The first-order valence-electron chi connectivity index (χ1n) is 8.02. The minimum Gasteiger partial charge on any atom is -0.497 e. The number of rotatable bonds is 6. The highest BCUT2D eigenvalue weighted by molar-refractivity contribution is 5.92. The van der Waals surface area contributed by atoms with Gasteiger partial charge in [-0.05, 0) is 36.6 Å². The number of hydrogen-bond acceptors (Lipinski definition) is 2. The molecule has 1 heterocycles. The van der Waals surface area contributed by atoms with Gasteiger partial charge < -0.3 is 20.8 Å². The fraction of sp³-hybridized carbons (Fsp3) is 0.211. The average Bonchev–Trinajstić information content (AvgIpc) is 3.02. The van der Waals surface area contributed by atoms with Gasteiger partial charge in [-0.3, -0.25) is 4.99 Å². The molecule has 0 aliphatic carbocycles. The Morgan fingerprint density at radius 1 is 1.21 bits per heavy atom. The van der Waals surface area contributed by atoms with Crippen molar-refractivity contribution in [2.45, 2.75) is 12.8 Å². The number of nitrogens with one attached hydrogen (secondary N) is 2. The molecular weight excluding hydrogens is 300 g/mol. The minimum absolute atomic E-state index is 0.419. The lowest BCUT2D eigenvalue weighted by Gasteiger charge is -2.07. The number of nitrogens with zero attached hydrogens (tertiary/aromatic N) is 1. The van der Waals surface area contributed by atoms with Crippen LogP contribution in [0.2, 0.25) is 0 Å². The Balaban J connectivity index is 1.52. The molecule has 24 heavy (non-hydrogen) atoms. The van der Waals surface area contributed by atoms with E-state index in [1.807, 2.05) is 30.3 Å².